The molecule has 3 N–H and O–H groups in total. The zero-order valence-electron chi connectivity index (χ0n) is 19.0. The summed E-state index contributed by atoms with van der Waals surface area (Å²) < 4.78 is 39.4. The standard InChI is InChI=1S/C27H21F3N2O4/c1-15(11-16-5-8-20(33)9-6-16)31-25(34)24-14-22(26(35)36)21-13-18(7-10-23(21)32-24)17-3-2-4-19(12-17)27(28,29)30/h2-10,12-15,33H,11H2,1H3,(H,31,34)(H,35,36). The molecule has 0 aliphatic rings. The highest BCUT2D eigenvalue weighted by atomic mass is 19.4. The van der Waals surface area contributed by atoms with Crippen LogP contribution in [-0.2, 0) is 12.6 Å². The zero-order valence-corrected chi connectivity index (χ0v) is 19.0. The molecule has 1 unspecified atom stereocenters. The van der Waals surface area contributed by atoms with Crippen LogP contribution in [0.25, 0.3) is 22.0 Å². The van der Waals surface area contributed by atoms with Crippen molar-refractivity contribution in [3.05, 3.63) is 95.2 Å². The summed E-state index contributed by atoms with van der Waals surface area (Å²) in [5.74, 6) is -1.73. The fraction of sp³-hybridized carbons (Fsp3) is 0.148. The molecule has 1 amide bonds. The zero-order chi connectivity index (χ0) is 26.0. The van der Waals surface area contributed by atoms with E-state index < -0.39 is 23.6 Å². The number of nitrogens with zero attached hydrogens (tertiary/aromatic N) is 1. The van der Waals surface area contributed by atoms with E-state index in [9.17, 15) is 33.0 Å². The fourth-order valence-electron chi connectivity index (χ4n) is 3.91. The summed E-state index contributed by atoms with van der Waals surface area (Å²) in [6, 6.07) is 16.6. The van der Waals surface area contributed by atoms with Crippen LogP contribution in [0.1, 0.15) is 38.9 Å². The number of carboxylic acids is 1. The van der Waals surface area contributed by atoms with Crippen molar-refractivity contribution in [3.63, 3.8) is 0 Å². The monoisotopic (exact) mass is 494 g/mol. The van der Waals surface area contributed by atoms with Gasteiger partial charge in [0.05, 0.1) is 16.6 Å². The molecule has 0 fully saturated rings. The highest BCUT2D eigenvalue weighted by Gasteiger charge is 2.30. The fourth-order valence-corrected chi connectivity index (χ4v) is 3.91. The van der Waals surface area contributed by atoms with Crippen molar-refractivity contribution in [2.45, 2.75) is 25.6 Å². The largest absolute Gasteiger partial charge is 0.508 e. The van der Waals surface area contributed by atoms with E-state index in [1.165, 1.54) is 30.3 Å². The van der Waals surface area contributed by atoms with Crippen molar-refractivity contribution in [2.24, 2.45) is 0 Å². The molecule has 1 aromatic heterocycles. The van der Waals surface area contributed by atoms with E-state index in [0.29, 0.717) is 12.0 Å². The third kappa shape index (κ3) is 5.46. The van der Waals surface area contributed by atoms with Crippen LogP contribution in [0.4, 0.5) is 13.2 Å². The van der Waals surface area contributed by atoms with Gasteiger partial charge in [0.25, 0.3) is 5.91 Å². The maximum Gasteiger partial charge on any atom is 0.416 e. The Morgan fingerprint density at radius 3 is 2.33 bits per heavy atom. The molecule has 0 aliphatic heterocycles. The summed E-state index contributed by atoms with van der Waals surface area (Å²) in [7, 11) is 0. The van der Waals surface area contributed by atoms with E-state index in [1.54, 1.807) is 31.2 Å². The molecule has 4 rings (SSSR count). The van der Waals surface area contributed by atoms with Gasteiger partial charge in [0.15, 0.2) is 0 Å². The maximum absolute atomic E-state index is 13.1. The Balaban J connectivity index is 1.64. The highest BCUT2D eigenvalue weighted by Crippen LogP contribution is 2.33. The molecule has 0 aliphatic carbocycles. The van der Waals surface area contributed by atoms with Gasteiger partial charge in [-0.3, -0.25) is 4.79 Å². The van der Waals surface area contributed by atoms with E-state index in [0.717, 1.165) is 23.8 Å². The number of amides is 1. The van der Waals surface area contributed by atoms with Crippen molar-refractivity contribution < 1.29 is 33.0 Å². The van der Waals surface area contributed by atoms with E-state index in [1.807, 2.05) is 0 Å². The maximum atomic E-state index is 13.1. The van der Waals surface area contributed by atoms with Gasteiger partial charge in [0.1, 0.15) is 11.4 Å². The second kappa shape index (κ2) is 9.69. The molecule has 0 bridgehead atoms. The molecule has 6 nitrogen and oxygen atoms in total. The van der Waals surface area contributed by atoms with Gasteiger partial charge in [-0.15, -0.1) is 0 Å². The number of fused-ring (bicyclic) bond motifs is 1. The minimum Gasteiger partial charge on any atom is -0.508 e. The SMILES string of the molecule is CC(Cc1ccc(O)cc1)NC(=O)c1cc(C(=O)O)c2cc(-c3cccc(C(F)(F)F)c3)ccc2n1. The molecule has 36 heavy (non-hydrogen) atoms. The number of halogens is 3. The normalized spacial score (nSPS) is 12.3. The smallest absolute Gasteiger partial charge is 0.416 e. The van der Waals surface area contributed by atoms with E-state index in [4.69, 9.17) is 0 Å². The number of rotatable bonds is 6. The average Bonchev–Trinajstić information content (AvgIpc) is 2.83. The Hall–Kier alpha value is -4.40. The molecular formula is C27H21F3N2O4. The second-order valence-corrected chi connectivity index (χ2v) is 8.42. The Kier molecular flexibility index (Phi) is 6.65. The summed E-state index contributed by atoms with van der Waals surface area (Å²) >= 11 is 0. The van der Waals surface area contributed by atoms with Crippen LogP contribution >= 0.6 is 0 Å². The van der Waals surface area contributed by atoms with E-state index in [-0.39, 0.29) is 39.5 Å². The molecular weight excluding hydrogens is 473 g/mol. The number of aromatic carboxylic acids is 1. The Bertz CT molecular complexity index is 1450. The number of phenolic OH excluding ortho intramolecular Hbond substituents is 1. The molecule has 3 aromatic carbocycles. The number of benzene rings is 3. The third-order valence-electron chi connectivity index (χ3n) is 5.65. The molecule has 0 saturated carbocycles. The molecule has 1 atom stereocenters. The van der Waals surface area contributed by atoms with Crippen molar-refractivity contribution in [2.75, 3.05) is 0 Å². The average molecular weight is 494 g/mol. The minimum absolute atomic E-state index is 0.0933. The number of pyridine rings is 1. The number of carbonyl (C=O) groups is 2. The van der Waals surface area contributed by atoms with Gasteiger partial charge in [0.2, 0.25) is 0 Å². The number of carboxylic acid groups (broad SMARTS) is 1. The number of aromatic nitrogens is 1. The number of carbonyl (C=O) groups excluding carboxylic acids is 1. The lowest BCUT2D eigenvalue weighted by molar-refractivity contribution is -0.137. The first-order valence-electron chi connectivity index (χ1n) is 11.0. The molecule has 9 heteroatoms. The molecule has 0 spiro atoms. The lowest BCUT2D eigenvalue weighted by atomic mass is 9.98. The third-order valence-corrected chi connectivity index (χ3v) is 5.65. The van der Waals surface area contributed by atoms with Crippen LogP contribution in [0.15, 0.2) is 72.8 Å². The van der Waals surface area contributed by atoms with Crippen molar-refractivity contribution >= 4 is 22.8 Å². The summed E-state index contributed by atoms with van der Waals surface area (Å²) in [4.78, 5) is 29.1. The van der Waals surface area contributed by atoms with Gasteiger partial charge in [-0.1, -0.05) is 30.3 Å². The Labute approximate surface area is 204 Å². The first-order chi connectivity index (χ1) is 17.0. The first-order valence-corrected chi connectivity index (χ1v) is 11.0. The summed E-state index contributed by atoms with van der Waals surface area (Å²) in [6.07, 6.45) is -4.03. The van der Waals surface area contributed by atoms with Gasteiger partial charge >= 0.3 is 12.1 Å². The minimum atomic E-state index is -4.51. The highest BCUT2D eigenvalue weighted by molar-refractivity contribution is 6.06. The molecule has 184 valence electrons. The quantitative estimate of drug-likeness (QED) is 0.320. The lowest BCUT2D eigenvalue weighted by Gasteiger charge is -2.15. The number of nitrogens with one attached hydrogen (secondary N) is 1. The van der Waals surface area contributed by atoms with E-state index >= 15 is 0 Å². The first kappa shape index (κ1) is 24.7. The van der Waals surface area contributed by atoms with Gasteiger partial charge in [-0.2, -0.15) is 13.2 Å². The van der Waals surface area contributed by atoms with Gasteiger partial charge in [-0.25, -0.2) is 9.78 Å². The Morgan fingerprint density at radius 1 is 0.972 bits per heavy atom. The molecule has 1 heterocycles. The van der Waals surface area contributed by atoms with Gasteiger partial charge < -0.3 is 15.5 Å². The Morgan fingerprint density at radius 2 is 1.67 bits per heavy atom. The summed E-state index contributed by atoms with van der Waals surface area (Å²) in [6.45, 7) is 1.78. The van der Waals surface area contributed by atoms with Crippen LogP contribution in [0.5, 0.6) is 5.75 Å². The van der Waals surface area contributed by atoms with Gasteiger partial charge in [0, 0.05) is 11.4 Å². The topological polar surface area (TPSA) is 99.5 Å². The number of phenols is 1. The number of hydrogen-bond donors (Lipinski definition) is 3. The number of hydrogen-bond acceptors (Lipinski definition) is 4. The van der Waals surface area contributed by atoms with Crippen molar-refractivity contribution in [1.29, 1.82) is 0 Å². The molecule has 0 radical (unpaired) electrons. The van der Waals surface area contributed by atoms with Crippen LogP contribution in [0.2, 0.25) is 0 Å². The van der Waals surface area contributed by atoms with Crippen LogP contribution < -0.4 is 5.32 Å². The van der Waals surface area contributed by atoms with Gasteiger partial charge in [-0.05, 0) is 72.5 Å². The predicted molar refractivity (Wildman–Crippen MR) is 128 cm³/mol. The van der Waals surface area contributed by atoms with Crippen molar-refractivity contribution in [3.8, 4) is 16.9 Å². The van der Waals surface area contributed by atoms with Crippen LogP contribution in [-0.4, -0.2) is 33.1 Å². The number of aromatic hydroxyl groups is 1. The molecule has 4 aromatic rings. The van der Waals surface area contributed by atoms with Crippen LogP contribution in [0.3, 0.4) is 0 Å². The van der Waals surface area contributed by atoms with Crippen LogP contribution in [0, 0.1) is 0 Å². The predicted octanol–water partition coefficient (Wildman–Crippen LogP) is 5.69. The lowest BCUT2D eigenvalue weighted by Crippen LogP contribution is -2.34. The summed E-state index contributed by atoms with van der Waals surface area (Å²) in [5, 5.41) is 22.2. The summed E-state index contributed by atoms with van der Waals surface area (Å²) in [5.41, 5.74) is 0.674. The van der Waals surface area contributed by atoms with E-state index in [2.05, 4.69) is 10.3 Å². The second-order valence-electron chi connectivity index (χ2n) is 8.42. The molecule has 0 saturated heterocycles. The van der Waals surface area contributed by atoms with Crippen molar-refractivity contribution in [1.82, 2.24) is 10.3 Å². The number of alkyl halides is 3.